The maximum absolute atomic E-state index is 13.1. The Kier molecular flexibility index (Phi) is 5.11. The molecule has 0 aliphatic rings. The van der Waals surface area contributed by atoms with Gasteiger partial charge in [-0.05, 0) is 30.6 Å². The monoisotopic (exact) mass is 368 g/mol. The van der Waals surface area contributed by atoms with Crippen LogP contribution in [0.15, 0.2) is 28.5 Å². The second-order valence-corrected chi connectivity index (χ2v) is 7.55. The van der Waals surface area contributed by atoms with Crippen molar-refractivity contribution in [1.82, 2.24) is 5.32 Å². The van der Waals surface area contributed by atoms with Gasteiger partial charge in [0.1, 0.15) is 10.7 Å². The number of sulfonamides is 1. The van der Waals surface area contributed by atoms with Crippen LogP contribution >= 0.6 is 34.5 Å². The van der Waals surface area contributed by atoms with Crippen LogP contribution in [0, 0.1) is 5.82 Å². The standard InChI is InChI=1S/C12H11Cl2FN2O2S2/c1-16-6-10-11(2-3-20-10)21(18,19)17-12-8(13)4-7(15)5-9(12)14/h2-5,16-17H,6H2,1H3. The smallest absolute Gasteiger partial charge is 0.263 e. The van der Waals surface area contributed by atoms with E-state index < -0.39 is 15.8 Å². The molecule has 0 aliphatic carbocycles. The van der Waals surface area contributed by atoms with Gasteiger partial charge in [0.15, 0.2) is 0 Å². The molecule has 2 rings (SSSR count). The Morgan fingerprint density at radius 1 is 1.29 bits per heavy atom. The maximum Gasteiger partial charge on any atom is 0.263 e. The van der Waals surface area contributed by atoms with Gasteiger partial charge in [0.2, 0.25) is 0 Å². The summed E-state index contributed by atoms with van der Waals surface area (Å²) in [4.78, 5) is 0.790. The van der Waals surface area contributed by atoms with Crippen LogP contribution in [-0.2, 0) is 16.6 Å². The zero-order valence-corrected chi connectivity index (χ0v) is 13.9. The Morgan fingerprint density at radius 3 is 2.48 bits per heavy atom. The lowest BCUT2D eigenvalue weighted by Gasteiger charge is -2.12. The summed E-state index contributed by atoms with van der Waals surface area (Å²) in [7, 11) is -2.13. The third-order valence-electron chi connectivity index (χ3n) is 2.57. The summed E-state index contributed by atoms with van der Waals surface area (Å²) in [5, 5.41) is 4.36. The number of rotatable bonds is 5. The van der Waals surface area contributed by atoms with E-state index in [1.165, 1.54) is 17.4 Å². The molecule has 2 aromatic rings. The van der Waals surface area contributed by atoms with Crippen LogP contribution < -0.4 is 10.0 Å². The molecule has 0 amide bonds. The molecule has 0 unspecified atom stereocenters. The summed E-state index contributed by atoms with van der Waals surface area (Å²) < 4.78 is 40.2. The van der Waals surface area contributed by atoms with Crippen LogP contribution in [0.25, 0.3) is 0 Å². The second kappa shape index (κ2) is 6.50. The lowest BCUT2D eigenvalue weighted by atomic mass is 10.3. The number of hydrogen-bond acceptors (Lipinski definition) is 4. The van der Waals surface area contributed by atoms with Gasteiger partial charge in [-0.15, -0.1) is 11.3 Å². The molecule has 0 bridgehead atoms. The van der Waals surface area contributed by atoms with Crippen molar-refractivity contribution in [3.8, 4) is 0 Å². The van der Waals surface area contributed by atoms with Crippen molar-refractivity contribution in [3.05, 3.63) is 44.3 Å². The van der Waals surface area contributed by atoms with Gasteiger partial charge in [-0.3, -0.25) is 4.72 Å². The molecular weight excluding hydrogens is 358 g/mol. The minimum Gasteiger partial charge on any atom is -0.315 e. The Labute approximate surface area is 135 Å². The zero-order valence-electron chi connectivity index (χ0n) is 10.8. The van der Waals surface area contributed by atoms with Gasteiger partial charge in [-0.1, -0.05) is 23.2 Å². The summed E-state index contributed by atoms with van der Waals surface area (Å²) in [5.74, 6) is -0.639. The van der Waals surface area contributed by atoms with Gasteiger partial charge >= 0.3 is 0 Å². The minimum absolute atomic E-state index is 0.0404. The van der Waals surface area contributed by atoms with E-state index in [9.17, 15) is 12.8 Å². The van der Waals surface area contributed by atoms with Crippen LogP contribution in [0.2, 0.25) is 10.0 Å². The predicted molar refractivity (Wildman–Crippen MR) is 84.3 cm³/mol. The molecule has 21 heavy (non-hydrogen) atoms. The highest BCUT2D eigenvalue weighted by Gasteiger charge is 2.22. The van der Waals surface area contributed by atoms with Gasteiger partial charge in [0, 0.05) is 11.4 Å². The molecule has 9 heteroatoms. The number of thiophene rings is 1. The van der Waals surface area contributed by atoms with E-state index in [4.69, 9.17) is 23.2 Å². The average molecular weight is 369 g/mol. The SMILES string of the molecule is CNCc1sccc1S(=O)(=O)Nc1c(Cl)cc(F)cc1Cl. The summed E-state index contributed by atoms with van der Waals surface area (Å²) in [6.07, 6.45) is 0. The first-order valence-electron chi connectivity index (χ1n) is 5.73. The highest BCUT2D eigenvalue weighted by molar-refractivity contribution is 7.93. The molecule has 0 atom stereocenters. The van der Waals surface area contributed by atoms with Crippen LogP contribution in [0.5, 0.6) is 0 Å². The average Bonchev–Trinajstić information content (AvgIpc) is 2.83. The van der Waals surface area contributed by atoms with E-state index in [2.05, 4.69) is 10.0 Å². The van der Waals surface area contributed by atoms with E-state index in [0.717, 1.165) is 12.1 Å². The van der Waals surface area contributed by atoms with Gasteiger partial charge in [0.05, 0.1) is 15.7 Å². The first-order valence-corrected chi connectivity index (χ1v) is 8.85. The highest BCUT2D eigenvalue weighted by atomic mass is 35.5. The number of hydrogen-bond donors (Lipinski definition) is 2. The van der Waals surface area contributed by atoms with E-state index in [1.54, 1.807) is 12.4 Å². The second-order valence-electron chi connectivity index (χ2n) is 4.09. The minimum atomic E-state index is -3.85. The topological polar surface area (TPSA) is 58.2 Å². The Bertz CT molecular complexity index is 739. The van der Waals surface area contributed by atoms with Crippen molar-refractivity contribution in [2.45, 2.75) is 11.4 Å². The number of benzene rings is 1. The van der Waals surface area contributed by atoms with Crippen molar-refractivity contribution in [3.63, 3.8) is 0 Å². The van der Waals surface area contributed by atoms with Crippen molar-refractivity contribution in [1.29, 1.82) is 0 Å². The summed E-state index contributed by atoms with van der Waals surface area (Å²) in [6, 6.07) is 3.48. The van der Waals surface area contributed by atoms with Crippen LogP contribution in [0.4, 0.5) is 10.1 Å². The molecule has 114 valence electrons. The van der Waals surface area contributed by atoms with Crippen molar-refractivity contribution < 1.29 is 12.8 Å². The summed E-state index contributed by atoms with van der Waals surface area (Å²) in [6.45, 7) is 0.415. The quantitative estimate of drug-likeness (QED) is 0.845. The largest absolute Gasteiger partial charge is 0.315 e. The van der Waals surface area contributed by atoms with Crippen LogP contribution in [-0.4, -0.2) is 15.5 Å². The Balaban J connectivity index is 2.40. The zero-order chi connectivity index (χ0) is 15.6. The molecule has 2 N–H and O–H groups in total. The van der Waals surface area contributed by atoms with Gasteiger partial charge in [-0.2, -0.15) is 0 Å². The number of halogens is 3. The van der Waals surface area contributed by atoms with Crippen LogP contribution in [0.3, 0.4) is 0 Å². The Hall–Kier alpha value is -0.860. The summed E-state index contributed by atoms with van der Waals surface area (Å²) >= 11 is 13.0. The third-order valence-corrected chi connectivity index (χ3v) is 5.66. The lowest BCUT2D eigenvalue weighted by Crippen LogP contribution is -2.16. The van der Waals surface area contributed by atoms with Crippen molar-refractivity contribution in [2.75, 3.05) is 11.8 Å². The van der Waals surface area contributed by atoms with Gasteiger partial charge < -0.3 is 5.32 Å². The third kappa shape index (κ3) is 3.67. The molecule has 0 spiro atoms. The molecule has 0 radical (unpaired) electrons. The molecular formula is C12H11Cl2FN2O2S2. The predicted octanol–water partition coefficient (Wildman–Crippen LogP) is 3.71. The first kappa shape index (κ1) is 16.5. The molecule has 0 saturated heterocycles. The highest BCUT2D eigenvalue weighted by Crippen LogP contribution is 2.34. The van der Waals surface area contributed by atoms with E-state index in [0.29, 0.717) is 11.4 Å². The fourth-order valence-corrected chi connectivity index (χ4v) is 4.91. The molecule has 0 aliphatic heterocycles. The molecule has 1 aromatic carbocycles. The lowest BCUT2D eigenvalue weighted by molar-refractivity contribution is 0.600. The molecule has 1 aromatic heterocycles. The number of nitrogens with one attached hydrogen (secondary N) is 2. The normalized spacial score (nSPS) is 11.6. The van der Waals surface area contributed by atoms with Crippen LogP contribution in [0.1, 0.15) is 4.88 Å². The first-order chi connectivity index (χ1) is 9.85. The molecule has 0 fully saturated rings. The summed E-state index contributed by atoms with van der Waals surface area (Å²) in [5.41, 5.74) is -0.0404. The van der Waals surface area contributed by atoms with Gasteiger partial charge in [-0.25, -0.2) is 12.8 Å². The van der Waals surface area contributed by atoms with Crippen molar-refractivity contribution in [2.24, 2.45) is 0 Å². The molecule has 0 saturated carbocycles. The maximum atomic E-state index is 13.1. The van der Waals surface area contributed by atoms with E-state index >= 15 is 0 Å². The fraction of sp³-hybridized carbons (Fsp3) is 0.167. The fourth-order valence-electron chi connectivity index (χ4n) is 1.69. The number of anilines is 1. The molecule has 4 nitrogen and oxygen atoms in total. The van der Waals surface area contributed by atoms with Crippen molar-refractivity contribution >= 4 is 50.2 Å². The van der Waals surface area contributed by atoms with E-state index in [-0.39, 0.29) is 20.6 Å². The van der Waals surface area contributed by atoms with E-state index in [1.807, 2.05) is 0 Å². The Morgan fingerprint density at radius 2 is 1.90 bits per heavy atom. The van der Waals surface area contributed by atoms with Gasteiger partial charge in [0.25, 0.3) is 10.0 Å². The molecule has 1 heterocycles.